The molecule has 1 aliphatic rings. The topological polar surface area (TPSA) is 34.6 Å². The van der Waals surface area contributed by atoms with Crippen molar-refractivity contribution in [3.8, 4) is 16.3 Å². The first-order chi connectivity index (χ1) is 11.0. The normalized spacial score (nSPS) is 22.3. The second-order valence-corrected chi connectivity index (χ2v) is 7.71. The Morgan fingerprint density at radius 3 is 2.78 bits per heavy atom. The second-order valence-electron chi connectivity index (χ2n) is 5.94. The van der Waals surface area contributed by atoms with Crippen molar-refractivity contribution in [3.63, 3.8) is 0 Å². The molecule has 1 fully saturated rings. The van der Waals surface area contributed by atoms with E-state index >= 15 is 0 Å². The summed E-state index contributed by atoms with van der Waals surface area (Å²) in [5.74, 6) is 0.850. The van der Waals surface area contributed by atoms with Gasteiger partial charge in [-0.3, -0.25) is 4.90 Å². The molecule has 6 heteroatoms. The van der Waals surface area contributed by atoms with Crippen molar-refractivity contribution in [3.05, 3.63) is 33.7 Å². The predicted molar refractivity (Wildman–Crippen MR) is 97.1 cm³/mol. The highest BCUT2D eigenvalue weighted by molar-refractivity contribution is 9.10. The third kappa shape index (κ3) is 4.12. The van der Waals surface area contributed by atoms with Crippen LogP contribution in [0.1, 0.15) is 19.5 Å². The first-order valence-electron chi connectivity index (χ1n) is 7.71. The van der Waals surface area contributed by atoms with Crippen LogP contribution in [0.25, 0.3) is 10.6 Å². The van der Waals surface area contributed by atoms with Crippen molar-refractivity contribution < 1.29 is 9.47 Å². The number of halogens is 1. The molecule has 1 aliphatic heterocycles. The molecule has 0 amide bonds. The summed E-state index contributed by atoms with van der Waals surface area (Å²) in [5, 5.41) is 3.13. The monoisotopic (exact) mass is 396 g/mol. The average Bonchev–Trinajstić information content (AvgIpc) is 2.94. The second kappa shape index (κ2) is 7.30. The lowest BCUT2D eigenvalue weighted by Gasteiger charge is -2.34. The van der Waals surface area contributed by atoms with Gasteiger partial charge in [-0.25, -0.2) is 4.98 Å². The SMILES string of the molecule is COc1ccc(Br)cc1-c1nc(CN2CC(C)OC(C)C2)cs1. The fourth-order valence-electron chi connectivity index (χ4n) is 2.99. The maximum atomic E-state index is 5.79. The molecule has 1 aromatic carbocycles. The maximum Gasteiger partial charge on any atom is 0.129 e. The Kier molecular flexibility index (Phi) is 5.36. The number of hydrogen-bond donors (Lipinski definition) is 0. The highest BCUT2D eigenvalue weighted by Crippen LogP contribution is 2.34. The van der Waals surface area contributed by atoms with Crippen LogP contribution >= 0.6 is 27.3 Å². The Labute approximate surface area is 149 Å². The van der Waals surface area contributed by atoms with Crippen molar-refractivity contribution >= 4 is 27.3 Å². The van der Waals surface area contributed by atoms with Crippen LogP contribution in [-0.4, -0.2) is 42.3 Å². The number of nitrogens with zero attached hydrogens (tertiary/aromatic N) is 2. The molecule has 0 spiro atoms. The van der Waals surface area contributed by atoms with E-state index in [0.717, 1.165) is 46.1 Å². The van der Waals surface area contributed by atoms with Gasteiger partial charge in [-0.1, -0.05) is 15.9 Å². The van der Waals surface area contributed by atoms with E-state index in [1.807, 2.05) is 12.1 Å². The van der Waals surface area contributed by atoms with Gasteiger partial charge in [0.25, 0.3) is 0 Å². The molecule has 124 valence electrons. The molecule has 0 bridgehead atoms. The van der Waals surface area contributed by atoms with Crippen LogP contribution in [0, 0.1) is 0 Å². The maximum absolute atomic E-state index is 5.79. The van der Waals surface area contributed by atoms with Gasteiger partial charge in [0, 0.05) is 29.5 Å². The largest absolute Gasteiger partial charge is 0.496 e. The van der Waals surface area contributed by atoms with Crippen molar-refractivity contribution in [1.29, 1.82) is 0 Å². The summed E-state index contributed by atoms with van der Waals surface area (Å²) >= 11 is 5.18. The average molecular weight is 397 g/mol. The van der Waals surface area contributed by atoms with Crippen LogP contribution in [0.4, 0.5) is 0 Å². The number of methoxy groups -OCH3 is 1. The quantitative estimate of drug-likeness (QED) is 0.775. The number of rotatable bonds is 4. The Hall–Kier alpha value is -0.950. The van der Waals surface area contributed by atoms with E-state index < -0.39 is 0 Å². The number of ether oxygens (including phenoxy) is 2. The van der Waals surface area contributed by atoms with Gasteiger partial charge in [-0.05, 0) is 32.0 Å². The molecule has 0 N–H and O–H groups in total. The lowest BCUT2D eigenvalue weighted by molar-refractivity contribution is -0.0707. The zero-order valence-electron chi connectivity index (χ0n) is 13.6. The lowest BCUT2D eigenvalue weighted by Crippen LogP contribution is -2.44. The third-order valence-corrected chi connectivity index (χ3v) is 5.24. The zero-order chi connectivity index (χ0) is 16.4. The fraction of sp³-hybridized carbons (Fsp3) is 0.471. The van der Waals surface area contributed by atoms with Crippen LogP contribution in [0.15, 0.2) is 28.1 Å². The molecule has 0 aliphatic carbocycles. The summed E-state index contributed by atoms with van der Waals surface area (Å²) in [6.07, 6.45) is 0.559. The molecule has 1 aromatic heterocycles. The molecule has 4 nitrogen and oxygen atoms in total. The zero-order valence-corrected chi connectivity index (χ0v) is 16.0. The molecule has 2 atom stereocenters. The molecule has 0 radical (unpaired) electrons. The Bertz CT molecular complexity index is 666. The van der Waals surface area contributed by atoms with E-state index in [1.54, 1.807) is 18.4 Å². The van der Waals surface area contributed by atoms with Crippen molar-refractivity contribution in [2.75, 3.05) is 20.2 Å². The van der Waals surface area contributed by atoms with Gasteiger partial charge in [0.15, 0.2) is 0 Å². The molecular formula is C17H21BrN2O2S. The summed E-state index contributed by atoms with van der Waals surface area (Å²) in [4.78, 5) is 7.22. The highest BCUT2D eigenvalue weighted by Gasteiger charge is 2.23. The molecule has 23 heavy (non-hydrogen) atoms. The predicted octanol–water partition coefficient (Wildman–Crippen LogP) is 4.19. The number of morpholine rings is 1. The van der Waals surface area contributed by atoms with Crippen molar-refractivity contribution in [2.45, 2.75) is 32.6 Å². The summed E-state index contributed by atoms with van der Waals surface area (Å²) < 4.78 is 12.3. The number of thiazole rings is 1. The fourth-order valence-corrected chi connectivity index (χ4v) is 4.19. The Balaban J connectivity index is 1.77. The van der Waals surface area contributed by atoms with E-state index in [-0.39, 0.29) is 12.2 Å². The number of hydrogen-bond acceptors (Lipinski definition) is 5. The smallest absolute Gasteiger partial charge is 0.129 e. The van der Waals surface area contributed by atoms with Gasteiger partial charge >= 0.3 is 0 Å². The van der Waals surface area contributed by atoms with Gasteiger partial charge in [0.1, 0.15) is 10.8 Å². The van der Waals surface area contributed by atoms with Gasteiger partial charge in [0.2, 0.25) is 0 Å². The van der Waals surface area contributed by atoms with Crippen LogP contribution in [0.3, 0.4) is 0 Å². The summed E-state index contributed by atoms with van der Waals surface area (Å²) in [7, 11) is 1.69. The first-order valence-corrected chi connectivity index (χ1v) is 9.38. The minimum atomic E-state index is 0.280. The summed E-state index contributed by atoms with van der Waals surface area (Å²) in [5.41, 5.74) is 2.13. The summed E-state index contributed by atoms with van der Waals surface area (Å²) in [6, 6.07) is 6.00. The Morgan fingerprint density at radius 2 is 2.09 bits per heavy atom. The highest BCUT2D eigenvalue weighted by atomic mass is 79.9. The minimum absolute atomic E-state index is 0.280. The standard InChI is InChI=1S/C17H21BrN2O2S/c1-11-7-20(8-12(2)22-11)9-14-10-23-17(19-14)15-6-13(18)4-5-16(15)21-3/h4-6,10-12H,7-9H2,1-3H3. The Morgan fingerprint density at radius 1 is 1.35 bits per heavy atom. The first kappa shape index (κ1) is 16.9. The molecular weight excluding hydrogens is 376 g/mol. The van der Waals surface area contributed by atoms with E-state index in [2.05, 4.69) is 46.1 Å². The number of benzene rings is 1. The van der Waals surface area contributed by atoms with Crippen LogP contribution in [0.2, 0.25) is 0 Å². The lowest BCUT2D eigenvalue weighted by atomic mass is 10.2. The van der Waals surface area contributed by atoms with E-state index in [9.17, 15) is 0 Å². The van der Waals surface area contributed by atoms with Gasteiger partial charge < -0.3 is 9.47 Å². The third-order valence-electron chi connectivity index (χ3n) is 3.82. The molecule has 3 rings (SSSR count). The molecule has 1 saturated heterocycles. The molecule has 2 heterocycles. The van der Waals surface area contributed by atoms with Gasteiger partial charge in [0.05, 0.1) is 30.6 Å². The molecule has 2 aromatic rings. The van der Waals surface area contributed by atoms with Crippen molar-refractivity contribution in [1.82, 2.24) is 9.88 Å². The van der Waals surface area contributed by atoms with E-state index in [0.29, 0.717) is 0 Å². The van der Waals surface area contributed by atoms with E-state index in [4.69, 9.17) is 14.5 Å². The summed E-state index contributed by atoms with van der Waals surface area (Å²) in [6.45, 7) is 7.03. The molecule has 0 saturated carbocycles. The molecule has 2 unspecified atom stereocenters. The van der Waals surface area contributed by atoms with Gasteiger partial charge in [-0.15, -0.1) is 11.3 Å². The van der Waals surface area contributed by atoms with Crippen LogP contribution < -0.4 is 4.74 Å². The van der Waals surface area contributed by atoms with Crippen LogP contribution in [0.5, 0.6) is 5.75 Å². The number of aromatic nitrogens is 1. The van der Waals surface area contributed by atoms with E-state index in [1.165, 1.54) is 0 Å². The van der Waals surface area contributed by atoms with Gasteiger partial charge in [-0.2, -0.15) is 0 Å². The van der Waals surface area contributed by atoms with Crippen LogP contribution in [-0.2, 0) is 11.3 Å². The minimum Gasteiger partial charge on any atom is -0.496 e. The van der Waals surface area contributed by atoms with Crippen molar-refractivity contribution in [2.24, 2.45) is 0 Å².